The number of hydrogen-bond acceptors (Lipinski definition) is 2. The van der Waals surface area contributed by atoms with Crippen molar-refractivity contribution in [2.24, 2.45) is 0 Å². The maximum atomic E-state index is 13.1. The van der Waals surface area contributed by atoms with Gasteiger partial charge in [-0.05, 0) is 18.2 Å². The number of urea groups is 1. The molecule has 8 heteroatoms. The summed E-state index contributed by atoms with van der Waals surface area (Å²) >= 11 is 0. The average molecular weight is 276 g/mol. The zero-order chi connectivity index (χ0) is 14.2. The van der Waals surface area contributed by atoms with E-state index in [0.29, 0.717) is 12.1 Å². The zero-order valence-electron chi connectivity index (χ0n) is 9.42. The van der Waals surface area contributed by atoms with Crippen LogP contribution in [0.25, 0.3) is 0 Å². The van der Waals surface area contributed by atoms with Crippen LogP contribution >= 0.6 is 0 Å². The van der Waals surface area contributed by atoms with Gasteiger partial charge in [-0.2, -0.15) is 13.2 Å². The zero-order valence-corrected chi connectivity index (χ0v) is 9.42. The quantitative estimate of drug-likeness (QED) is 0.798. The van der Waals surface area contributed by atoms with Crippen LogP contribution in [0, 0.1) is 5.82 Å². The largest absolute Gasteiger partial charge is 0.419 e. The monoisotopic (exact) mass is 276 g/mol. The Balaban J connectivity index is 2.36. The topological polar surface area (TPSA) is 49.4 Å². The van der Waals surface area contributed by atoms with Gasteiger partial charge in [-0.15, -0.1) is 0 Å². The van der Waals surface area contributed by atoms with E-state index in [1.807, 2.05) is 0 Å². The van der Waals surface area contributed by atoms with Gasteiger partial charge in [0.1, 0.15) is 5.82 Å². The van der Waals surface area contributed by atoms with Crippen molar-refractivity contribution < 1.29 is 27.2 Å². The molecule has 3 amide bonds. The van der Waals surface area contributed by atoms with Crippen molar-refractivity contribution in [1.29, 1.82) is 0 Å². The van der Waals surface area contributed by atoms with Crippen LogP contribution in [0.15, 0.2) is 18.2 Å². The summed E-state index contributed by atoms with van der Waals surface area (Å²) in [6, 6.07) is 1.20. The van der Waals surface area contributed by atoms with Gasteiger partial charge in [0.2, 0.25) is 0 Å². The third-order valence-corrected chi connectivity index (χ3v) is 2.62. The lowest BCUT2D eigenvalue weighted by atomic mass is 10.1. The normalized spacial score (nSPS) is 15.6. The maximum Gasteiger partial charge on any atom is 0.419 e. The number of alkyl halides is 3. The molecule has 0 bridgehead atoms. The summed E-state index contributed by atoms with van der Waals surface area (Å²) in [6.45, 7) is 0.300. The van der Waals surface area contributed by atoms with Gasteiger partial charge in [-0.3, -0.25) is 9.69 Å². The highest BCUT2D eigenvalue weighted by Gasteiger charge is 2.36. The molecule has 1 aliphatic rings. The Bertz CT molecular complexity index is 542. The van der Waals surface area contributed by atoms with Gasteiger partial charge in [-0.1, -0.05) is 0 Å². The average Bonchev–Trinajstić information content (AvgIpc) is 2.73. The Kier molecular flexibility index (Phi) is 3.17. The summed E-state index contributed by atoms with van der Waals surface area (Å²) in [7, 11) is 0. The first-order valence-electron chi connectivity index (χ1n) is 5.27. The van der Waals surface area contributed by atoms with Crippen LogP contribution in [-0.2, 0) is 6.18 Å². The second kappa shape index (κ2) is 4.52. The van der Waals surface area contributed by atoms with Gasteiger partial charge >= 0.3 is 12.2 Å². The smallest absolute Gasteiger partial charge is 0.336 e. The minimum atomic E-state index is -4.90. The van der Waals surface area contributed by atoms with E-state index in [9.17, 15) is 27.2 Å². The minimum Gasteiger partial charge on any atom is -0.336 e. The number of benzene rings is 1. The molecule has 0 spiro atoms. The van der Waals surface area contributed by atoms with Crippen LogP contribution in [0.1, 0.15) is 15.9 Å². The van der Waals surface area contributed by atoms with Crippen molar-refractivity contribution in [3.05, 3.63) is 35.1 Å². The molecule has 0 atom stereocenters. The fourth-order valence-electron chi connectivity index (χ4n) is 1.70. The maximum absolute atomic E-state index is 13.1. The van der Waals surface area contributed by atoms with Crippen molar-refractivity contribution in [3.8, 4) is 0 Å². The predicted octanol–water partition coefficient (Wildman–Crippen LogP) is 2.01. The highest BCUT2D eigenvalue weighted by Crippen LogP contribution is 2.32. The predicted molar refractivity (Wildman–Crippen MR) is 55.8 cm³/mol. The molecule has 0 unspecified atom stereocenters. The van der Waals surface area contributed by atoms with Crippen LogP contribution in [0.2, 0.25) is 0 Å². The Morgan fingerprint density at radius 1 is 1.32 bits per heavy atom. The molecule has 0 radical (unpaired) electrons. The Morgan fingerprint density at radius 3 is 2.53 bits per heavy atom. The van der Waals surface area contributed by atoms with Crippen molar-refractivity contribution in [2.75, 3.05) is 13.1 Å². The molecule has 1 N–H and O–H groups in total. The number of amides is 3. The molecule has 1 fully saturated rings. The highest BCUT2D eigenvalue weighted by molar-refractivity contribution is 6.05. The molecule has 0 aliphatic carbocycles. The first-order valence-corrected chi connectivity index (χ1v) is 5.27. The first kappa shape index (κ1) is 13.3. The van der Waals surface area contributed by atoms with Crippen LogP contribution in [-0.4, -0.2) is 29.9 Å². The second-order valence-corrected chi connectivity index (χ2v) is 3.88. The number of carbonyl (C=O) groups is 2. The fraction of sp³-hybridized carbons (Fsp3) is 0.273. The number of imide groups is 1. The van der Waals surface area contributed by atoms with Crippen molar-refractivity contribution in [1.82, 2.24) is 10.2 Å². The van der Waals surface area contributed by atoms with E-state index in [1.54, 1.807) is 0 Å². The summed E-state index contributed by atoms with van der Waals surface area (Å²) in [5.74, 6) is -2.35. The van der Waals surface area contributed by atoms with Gasteiger partial charge in [-0.25, -0.2) is 9.18 Å². The third kappa shape index (κ3) is 2.51. The summed E-state index contributed by atoms with van der Waals surface area (Å²) in [4.78, 5) is 23.8. The molecule has 1 heterocycles. The number of nitrogens with zero attached hydrogens (tertiary/aromatic N) is 1. The van der Waals surface area contributed by atoms with Gasteiger partial charge < -0.3 is 5.32 Å². The van der Waals surface area contributed by atoms with Gasteiger partial charge in [0.25, 0.3) is 5.91 Å². The van der Waals surface area contributed by atoms with Gasteiger partial charge in [0.15, 0.2) is 0 Å². The number of carbonyl (C=O) groups excluding carboxylic acids is 2. The minimum absolute atomic E-state index is 0.0659. The molecule has 4 nitrogen and oxygen atoms in total. The van der Waals surface area contributed by atoms with E-state index in [1.165, 1.54) is 0 Å². The van der Waals surface area contributed by atoms with Crippen LogP contribution < -0.4 is 5.32 Å². The lowest BCUT2D eigenvalue weighted by Gasteiger charge is -2.14. The van der Waals surface area contributed by atoms with E-state index < -0.39 is 29.5 Å². The molecule has 102 valence electrons. The summed E-state index contributed by atoms with van der Waals surface area (Å²) in [5, 5.41) is 2.35. The highest BCUT2D eigenvalue weighted by atomic mass is 19.4. The Hall–Kier alpha value is -2.12. The van der Waals surface area contributed by atoms with E-state index in [0.717, 1.165) is 11.0 Å². The molecule has 1 aromatic carbocycles. The molecular formula is C11H8F4N2O2. The van der Waals surface area contributed by atoms with E-state index >= 15 is 0 Å². The molecule has 0 saturated carbocycles. The van der Waals surface area contributed by atoms with Crippen LogP contribution in [0.5, 0.6) is 0 Å². The van der Waals surface area contributed by atoms with Gasteiger partial charge in [0.05, 0.1) is 5.56 Å². The molecule has 1 saturated heterocycles. The fourth-order valence-corrected chi connectivity index (χ4v) is 1.70. The summed E-state index contributed by atoms with van der Waals surface area (Å²) in [5.41, 5.74) is -1.91. The molecular weight excluding hydrogens is 268 g/mol. The summed E-state index contributed by atoms with van der Waals surface area (Å²) < 4.78 is 50.6. The van der Waals surface area contributed by atoms with Crippen LogP contribution in [0.4, 0.5) is 22.4 Å². The van der Waals surface area contributed by atoms with E-state index in [2.05, 4.69) is 5.32 Å². The van der Waals surface area contributed by atoms with Crippen LogP contribution in [0.3, 0.4) is 0 Å². The van der Waals surface area contributed by atoms with Gasteiger partial charge in [0, 0.05) is 18.7 Å². The lowest BCUT2D eigenvalue weighted by Crippen LogP contribution is -2.34. The lowest BCUT2D eigenvalue weighted by molar-refractivity contribution is -0.140. The Labute approximate surface area is 105 Å². The van der Waals surface area contributed by atoms with E-state index in [-0.39, 0.29) is 18.7 Å². The Morgan fingerprint density at radius 2 is 2.00 bits per heavy atom. The summed E-state index contributed by atoms with van der Waals surface area (Å²) in [6.07, 6.45) is -4.90. The number of hydrogen-bond donors (Lipinski definition) is 1. The standard InChI is InChI=1S/C11H8F4N2O2/c12-8-2-1-6(5-7(8)11(13,14)15)9(18)17-4-3-16-10(17)19/h1-2,5H,3-4H2,(H,16,19). The first-order chi connectivity index (χ1) is 8.80. The third-order valence-electron chi connectivity index (χ3n) is 2.62. The second-order valence-electron chi connectivity index (χ2n) is 3.88. The van der Waals surface area contributed by atoms with Crippen molar-refractivity contribution >= 4 is 11.9 Å². The molecule has 1 aromatic rings. The molecule has 2 rings (SSSR count). The molecule has 19 heavy (non-hydrogen) atoms. The number of rotatable bonds is 1. The SMILES string of the molecule is O=C1NCCN1C(=O)c1ccc(F)c(C(F)(F)F)c1. The van der Waals surface area contributed by atoms with Crippen molar-refractivity contribution in [3.63, 3.8) is 0 Å². The number of nitrogens with one attached hydrogen (secondary N) is 1. The number of halogens is 4. The molecule has 0 aromatic heterocycles. The van der Waals surface area contributed by atoms with Crippen molar-refractivity contribution in [2.45, 2.75) is 6.18 Å². The van der Waals surface area contributed by atoms with E-state index in [4.69, 9.17) is 0 Å². The molecule has 1 aliphatic heterocycles.